The summed E-state index contributed by atoms with van der Waals surface area (Å²) in [5.74, 6) is -0.0812. The molecule has 0 amide bonds. The van der Waals surface area contributed by atoms with Crippen LogP contribution in [0.1, 0.15) is 21.5 Å². The normalized spacial score (nSPS) is 21.7. The van der Waals surface area contributed by atoms with Crippen LogP contribution in [0.25, 0.3) is 0 Å². The van der Waals surface area contributed by atoms with Crippen molar-refractivity contribution >= 4 is 23.2 Å². The van der Waals surface area contributed by atoms with E-state index in [4.69, 9.17) is 9.47 Å². The first kappa shape index (κ1) is 21.2. The Kier molecular flexibility index (Phi) is 5.83. The second kappa shape index (κ2) is 8.24. The third-order valence-corrected chi connectivity index (χ3v) is 6.38. The number of anilines is 1. The van der Waals surface area contributed by atoms with Crippen LogP contribution in [-0.4, -0.2) is 50.3 Å². The van der Waals surface area contributed by atoms with Gasteiger partial charge in [-0.15, -0.1) is 0 Å². The minimum atomic E-state index is -4.32. The average molecular weight is 437 g/mol. The molecule has 2 aromatic rings. The zero-order valence-electron chi connectivity index (χ0n) is 16.5. The first-order chi connectivity index (χ1) is 14.3. The summed E-state index contributed by atoms with van der Waals surface area (Å²) < 4.78 is 48.8. The first-order valence-corrected chi connectivity index (χ1v) is 10.5. The Labute approximate surface area is 177 Å². The molecule has 1 fully saturated rings. The summed E-state index contributed by atoms with van der Waals surface area (Å²) in [5, 5.41) is 0. The molecule has 2 aliphatic rings. The first-order valence-electron chi connectivity index (χ1n) is 9.70. The van der Waals surface area contributed by atoms with E-state index in [1.807, 2.05) is 18.2 Å². The van der Waals surface area contributed by atoms with Crippen LogP contribution in [0.5, 0.6) is 0 Å². The zero-order chi connectivity index (χ0) is 21.4. The van der Waals surface area contributed by atoms with Gasteiger partial charge in [0.25, 0.3) is 0 Å². The van der Waals surface area contributed by atoms with Crippen molar-refractivity contribution < 1.29 is 27.4 Å². The van der Waals surface area contributed by atoms with Gasteiger partial charge in [-0.05, 0) is 53.2 Å². The molecule has 4 rings (SSSR count). The lowest BCUT2D eigenvalue weighted by Gasteiger charge is -2.29. The number of carbonyl (C=O) groups is 1. The molecule has 1 heterocycles. The van der Waals surface area contributed by atoms with E-state index in [2.05, 4.69) is 4.90 Å². The molecular weight excluding hydrogens is 415 g/mol. The molecule has 8 heteroatoms. The van der Waals surface area contributed by atoms with E-state index in [0.29, 0.717) is 31.6 Å². The van der Waals surface area contributed by atoms with Gasteiger partial charge in [0.15, 0.2) is 5.78 Å². The van der Waals surface area contributed by atoms with Crippen LogP contribution in [0, 0.1) is 0 Å². The number of ether oxygens (including phenoxy) is 2. The fourth-order valence-corrected chi connectivity index (χ4v) is 4.66. The van der Waals surface area contributed by atoms with Gasteiger partial charge in [-0.3, -0.25) is 4.79 Å². The van der Waals surface area contributed by atoms with Gasteiger partial charge in [0, 0.05) is 49.2 Å². The number of Topliss-reactive ketones (excluding diaryl/α,β-unsaturated/α-hetero) is 1. The molecule has 0 radical (unpaired) electrons. The van der Waals surface area contributed by atoms with Gasteiger partial charge in [-0.25, -0.2) is 0 Å². The Bertz CT molecular complexity index is 926. The largest absolute Gasteiger partial charge is 0.446 e. The Morgan fingerprint density at radius 3 is 2.47 bits per heavy atom. The summed E-state index contributed by atoms with van der Waals surface area (Å²) in [4.78, 5) is 15.5. The third-order valence-electron chi connectivity index (χ3n) is 5.64. The number of halogens is 3. The lowest BCUT2D eigenvalue weighted by molar-refractivity contribution is -0.0328. The second-order valence-corrected chi connectivity index (χ2v) is 8.65. The summed E-state index contributed by atoms with van der Waals surface area (Å²) in [6.07, 6.45) is 0.746. The second-order valence-electron chi connectivity index (χ2n) is 7.51. The van der Waals surface area contributed by atoms with Gasteiger partial charge in [0.1, 0.15) is 5.60 Å². The molecule has 0 N–H and O–H groups in total. The summed E-state index contributed by atoms with van der Waals surface area (Å²) in [5.41, 5.74) is -1.95. The van der Waals surface area contributed by atoms with Crippen molar-refractivity contribution in [3.8, 4) is 0 Å². The summed E-state index contributed by atoms with van der Waals surface area (Å²) in [7, 11) is 1.51. The molecule has 1 unspecified atom stereocenters. The molecule has 1 atom stereocenters. The Hall–Kier alpha value is -2.03. The van der Waals surface area contributed by atoms with Crippen LogP contribution >= 0.6 is 11.8 Å². The minimum absolute atomic E-state index is 0.0812. The van der Waals surface area contributed by atoms with Crippen LogP contribution in [0.3, 0.4) is 0 Å². The maximum atomic E-state index is 13.2. The highest BCUT2D eigenvalue weighted by molar-refractivity contribution is 8.00. The van der Waals surface area contributed by atoms with E-state index >= 15 is 0 Å². The molecular formula is C22H22F3NO3S. The molecule has 0 spiro atoms. The standard InChI is InChI=1S/C22H22F3NO3S/c1-28-21(13-15-2-5-18(6-3-15)30-22(23,24)25)14-16-12-17(4-7-19(16)20(21)27)26-8-10-29-11-9-26/h2-7,12H,8-11,13-14H2,1H3. The van der Waals surface area contributed by atoms with Gasteiger partial charge in [-0.1, -0.05) is 12.1 Å². The van der Waals surface area contributed by atoms with Crippen molar-refractivity contribution in [1.82, 2.24) is 0 Å². The van der Waals surface area contributed by atoms with E-state index in [9.17, 15) is 18.0 Å². The quantitative estimate of drug-likeness (QED) is 0.644. The van der Waals surface area contributed by atoms with Crippen LogP contribution in [0.15, 0.2) is 47.4 Å². The smallest absolute Gasteiger partial charge is 0.378 e. The van der Waals surface area contributed by atoms with E-state index in [0.717, 1.165) is 29.9 Å². The van der Waals surface area contributed by atoms with Gasteiger partial charge in [0.05, 0.1) is 13.2 Å². The maximum absolute atomic E-state index is 13.2. The van der Waals surface area contributed by atoms with Crippen LogP contribution in [-0.2, 0) is 22.3 Å². The van der Waals surface area contributed by atoms with E-state index < -0.39 is 11.1 Å². The van der Waals surface area contributed by atoms with Crippen molar-refractivity contribution in [2.24, 2.45) is 0 Å². The number of ketones is 1. The molecule has 1 aliphatic heterocycles. The van der Waals surface area contributed by atoms with Gasteiger partial charge >= 0.3 is 5.51 Å². The Morgan fingerprint density at radius 2 is 1.83 bits per heavy atom. The summed E-state index contributed by atoms with van der Waals surface area (Å²) >= 11 is -0.149. The fraction of sp³-hybridized carbons (Fsp3) is 0.409. The number of benzene rings is 2. The van der Waals surface area contributed by atoms with Crippen molar-refractivity contribution in [3.05, 3.63) is 59.2 Å². The number of carbonyl (C=O) groups excluding carboxylic acids is 1. The molecule has 4 nitrogen and oxygen atoms in total. The molecule has 160 valence electrons. The Morgan fingerprint density at radius 1 is 1.13 bits per heavy atom. The highest BCUT2D eigenvalue weighted by Gasteiger charge is 2.46. The predicted octanol–water partition coefficient (Wildman–Crippen LogP) is 4.50. The molecule has 1 saturated heterocycles. The molecule has 1 aliphatic carbocycles. The maximum Gasteiger partial charge on any atom is 0.446 e. The number of hydrogen-bond donors (Lipinski definition) is 0. The van der Waals surface area contributed by atoms with Crippen molar-refractivity contribution in [2.75, 3.05) is 38.3 Å². The SMILES string of the molecule is COC1(Cc2ccc(SC(F)(F)F)cc2)Cc2cc(N3CCOCC3)ccc2C1=O. The predicted molar refractivity (Wildman–Crippen MR) is 109 cm³/mol. The summed E-state index contributed by atoms with van der Waals surface area (Å²) in [6, 6.07) is 12.0. The number of nitrogens with zero attached hydrogens (tertiary/aromatic N) is 1. The van der Waals surface area contributed by atoms with E-state index in [1.165, 1.54) is 19.2 Å². The number of thioether (sulfide) groups is 1. The highest BCUT2D eigenvalue weighted by Crippen LogP contribution is 2.39. The number of alkyl halides is 3. The van der Waals surface area contributed by atoms with Crippen molar-refractivity contribution in [2.45, 2.75) is 28.8 Å². The average Bonchev–Trinajstić information content (AvgIpc) is 3.00. The molecule has 0 bridgehead atoms. The van der Waals surface area contributed by atoms with Crippen LogP contribution < -0.4 is 4.90 Å². The number of methoxy groups -OCH3 is 1. The summed E-state index contributed by atoms with van der Waals surface area (Å²) in [6.45, 7) is 2.98. The van der Waals surface area contributed by atoms with Gasteiger partial charge in [0.2, 0.25) is 0 Å². The minimum Gasteiger partial charge on any atom is -0.378 e. The number of fused-ring (bicyclic) bond motifs is 1. The van der Waals surface area contributed by atoms with Gasteiger partial charge in [-0.2, -0.15) is 13.2 Å². The molecule has 30 heavy (non-hydrogen) atoms. The number of rotatable bonds is 5. The molecule has 2 aromatic carbocycles. The molecule has 0 saturated carbocycles. The topological polar surface area (TPSA) is 38.8 Å². The monoisotopic (exact) mass is 437 g/mol. The Balaban J connectivity index is 1.53. The van der Waals surface area contributed by atoms with Gasteiger partial charge < -0.3 is 14.4 Å². The molecule has 0 aromatic heterocycles. The highest BCUT2D eigenvalue weighted by atomic mass is 32.2. The zero-order valence-corrected chi connectivity index (χ0v) is 17.3. The van der Waals surface area contributed by atoms with Crippen LogP contribution in [0.2, 0.25) is 0 Å². The number of hydrogen-bond acceptors (Lipinski definition) is 5. The lowest BCUT2D eigenvalue weighted by Crippen LogP contribution is -2.40. The number of morpholine rings is 1. The van der Waals surface area contributed by atoms with E-state index in [-0.39, 0.29) is 22.4 Å². The van der Waals surface area contributed by atoms with Crippen molar-refractivity contribution in [1.29, 1.82) is 0 Å². The lowest BCUT2D eigenvalue weighted by atomic mass is 9.90. The third kappa shape index (κ3) is 4.36. The fourth-order valence-electron chi connectivity index (χ4n) is 4.12. The van der Waals surface area contributed by atoms with E-state index in [1.54, 1.807) is 12.1 Å². The van der Waals surface area contributed by atoms with Crippen molar-refractivity contribution in [3.63, 3.8) is 0 Å². The van der Waals surface area contributed by atoms with Crippen LogP contribution in [0.4, 0.5) is 18.9 Å².